The molecule has 0 aliphatic carbocycles. The molecule has 0 aliphatic rings. The van der Waals surface area contributed by atoms with Crippen molar-refractivity contribution in [3.8, 4) is 5.75 Å². The minimum atomic E-state index is -3.77. The second kappa shape index (κ2) is 6.71. The normalized spacial score (nSPS) is 11.4. The maximum absolute atomic E-state index is 12.6. The van der Waals surface area contributed by atoms with Crippen LogP contribution in [0.5, 0.6) is 5.75 Å². The van der Waals surface area contributed by atoms with Gasteiger partial charge in [-0.1, -0.05) is 13.0 Å². The van der Waals surface area contributed by atoms with Crippen LogP contribution in [0.25, 0.3) is 0 Å². The Morgan fingerprint density at radius 2 is 2.05 bits per heavy atom. The van der Waals surface area contributed by atoms with Crippen LogP contribution in [0.3, 0.4) is 0 Å². The highest BCUT2D eigenvalue weighted by atomic mass is 32.2. The number of aryl methyl sites for hydroxylation is 1. The molecule has 0 saturated carbocycles. The zero-order chi connectivity index (χ0) is 15.3. The maximum Gasteiger partial charge on any atom is 0.247 e. The number of nitrogens with one attached hydrogen (secondary N) is 1. The summed E-state index contributed by atoms with van der Waals surface area (Å²) in [5.74, 6) is -0.0898. The average Bonchev–Trinajstić information content (AvgIpc) is 2.44. The Balaban J connectivity index is 3.26. The zero-order valence-electron chi connectivity index (χ0n) is 12.1. The molecule has 0 aromatic heterocycles. The minimum Gasteiger partial charge on any atom is -0.495 e. The fourth-order valence-electron chi connectivity index (χ4n) is 1.73. The number of ether oxygens (including phenoxy) is 1. The second-order valence-corrected chi connectivity index (χ2v) is 6.17. The van der Waals surface area contributed by atoms with Gasteiger partial charge < -0.3 is 10.1 Å². The van der Waals surface area contributed by atoms with Crippen molar-refractivity contribution in [1.82, 2.24) is 9.62 Å². The van der Waals surface area contributed by atoms with E-state index >= 15 is 0 Å². The smallest absolute Gasteiger partial charge is 0.247 e. The van der Waals surface area contributed by atoms with Crippen LogP contribution in [0.15, 0.2) is 23.1 Å². The monoisotopic (exact) mass is 300 g/mol. The molecule has 0 saturated heterocycles. The Morgan fingerprint density at radius 1 is 1.40 bits per heavy atom. The highest BCUT2D eigenvalue weighted by Crippen LogP contribution is 2.27. The Morgan fingerprint density at radius 3 is 2.55 bits per heavy atom. The van der Waals surface area contributed by atoms with Crippen LogP contribution in [0, 0.1) is 6.92 Å². The minimum absolute atomic E-state index is 0.0748. The van der Waals surface area contributed by atoms with Crippen molar-refractivity contribution in [3.05, 3.63) is 23.8 Å². The zero-order valence-corrected chi connectivity index (χ0v) is 13.0. The molecule has 0 spiro atoms. The third-order valence-corrected chi connectivity index (χ3v) is 4.83. The molecule has 1 N–H and O–H groups in total. The number of amides is 1. The lowest BCUT2D eigenvalue weighted by Gasteiger charge is -2.21. The maximum atomic E-state index is 12.6. The standard InChI is InChI=1S/C13H20N2O4S/c1-5-15(9-13(16)14-3)20(17,18)12-8-10(2)6-7-11(12)19-4/h6-8H,5,9H2,1-4H3,(H,14,16). The molecule has 7 heteroatoms. The Hall–Kier alpha value is -1.60. The second-order valence-electron chi connectivity index (χ2n) is 4.26. The van der Waals surface area contributed by atoms with E-state index in [9.17, 15) is 13.2 Å². The molecule has 0 heterocycles. The van der Waals surface area contributed by atoms with E-state index in [0.29, 0.717) is 0 Å². The number of nitrogens with zero attached hydrogens (tertiary/aromatic N) is 1. The van der Waals surface area contributed by atoms with Crippen LogP contribution in [0.2, 0.25) is 0 Å². The van der Waals surface area contributed by atoms with Gasteiger partial charge in [0.15, 0.2) is 0 Å². The molecule has 112 valence electrons. The molecular weight excluding hydrogens is 280 g/mol. The molecule has 0 radical (unpaired) electrons. The number of sulfonamides is 1. The number of carbonyl (C=O) groups excluding carboxylic acids is 1. The molecule has 0 aliphatic heterocycles. The topological polar surface area (TPSA) is 75.7 Å². The van der Waals surface area contributed by atoms with Crippen LogP contribution in [-0.2, 0) is 14.8 Å². The first-order chi connectivity index (χ1) is 9.36. The van der Waals surface area contributed by atoms with Gasteiger partial charge in [0, 0.05) is 13.6 Å². The van der Waals surface area contributed by atoms with E-state index in [4.69, 9.17) is 4.74 Å². The molecule has 1 aromatic rings. The highest BCUT2D eigenvalue weighted by molar-refractivity contribution is 7.89. The molecule has 20 heavy (non-hydrogen) atoms. The summed E-state index contributed by atoms with van der Waals surface area (Å²) < 4.78 is 31.4. The third-order valence-electron chi connectivity index (χ3n) is 2.89. The molecule has 1 rings (SSSR count). The van der Waals surface area contributed by atoms with Crippen molar-refractivity contribution in [2.75, 3.05) is 27.2 Å². The van der Waals surface area contributed by atoms with Crippen molar-refractivity contribution < 1.29 is 17.9 Å². The first-order valence-electron chi connectivity index (χ1n) is 6.22. The van der Waals surface area contributed by atoms with Gasteiger partial charge >= 0.3 is 0 Å². The van der Waals surface area contributed by atoms with Gasteiger partial charge in [-0.2, -0.15) is 4.31 Å². The number of rotatable bonds is 6. The van der Waals surface area contributed by atoms with Gasteiger partial charge in [-0.25, -0.2) is 8.42 Å². The summed E-state index contributed by atoms with van der Waals surface area (Å²) in [6.07, 6.45) is 0. The predicted molar refractivity (Wildman–Crippen MR) is 76.2 cm³/mol. The van der Waals surface area contributed by atoms with Gasteiger partial charge in [0.2, 0.25) is 15.9 Å². The van der Waals surface area contributed by atoms with Crippen LogP contribution < -0.4 is 10.1 Å². The van der Waals surface area contributed by atoms with Crippen LogP contribution in [-0.4, -0.2) is 45.9 Å². The molecular formula is C13H20N2O4S. The first-order valence-corrected chi connectivity index (χ1v) is 7.66. The molecule has 0 unspecified atom stereocenters. The van der Waals surface area contributed by atoms with Crippen molar-refractivity contribution in [3.63, 3.8) is 0 Å². The third kappa shape index (κ3) is 3.49. The highest BCUT2D eigenvalue weighted by Gasteiger charge is 2.28. The van der Waals surface area contributed by atoms with Crippen LogP contribution in [0.1, 0.15) is 12.5 Å². The summed E-state index contributed by atoms with van der Waals surface area (Å²) in [6.45, 7) is 3.47. The van der Waals surface area contributed by atoms with Gasteiger partial charge in [-0.15, -0.1) is 0 Å². The van der Waals surface area contributed by atoms with Gasteiger partial charge in [-0.05, 0) is 24.6 Å². The quantitative estimate of drug-likeness (QED) is 0.841. The van der Waals surface area contributed by atoms with Crippen LogP contribution >= 0.6 is 0 Å². The molecule has 0 bridgehead atoms. The fourth-order valence-corrected chi connectivity index (χ4v) is 3.38. The van der Waals surface area contributed by atoms with Gasteiger partial charge in [0.1, 0.15) is 10.6 Å². The number of benzene rings is 1. The summed E-state index contributed by atoms with van der Waals surface area (Å²) >= 11 is 0. The molecule has 0 fully saturated rings. The number of methoxy groups -OCH3 is 1. The fraction of sp³-hybridized carbons (Fsp3) is 0.462. The van der Waals surface area contributed by atoms with E-state index in [1.807, 2.05) is 0 Å². The molecule has 1 aromatic carbocycles. The van der Waals surface area contributed by atoms with E-state index in [-0.39, 0.29) is 29.6 Å². The van der Waals surface area contributed by atoms with Gasteiger partial charge in [-0.3, -0.25) is 4.79 Å². The lowest BCUT2D eigenvalue weighted by atomic mass is 10.2. The lowest BCUT2D eigenvalue weighted by Crippen LogP contribution is -2.39. The van der Waals surface area contributed by atoms with E-state index < -0.39 is 10.0 Å². The van der Waals surface area contributed by atoms with E-state index in [2.05, 4.69) is 5.32 Å². The summed E-state index contributed by atoms with van der Waals surface area (Å²) in [6, 6.07) is 4.92. The van der Waals surface area contributed by atoms with Gasteiger partial charge in [0.05, 0.1) is 13.7 Å². The Labute approximate surface area is 119 Å². The van der Waals surface area contributed by atoms with E-state index in [1.54, 1.807) is 32.0 Å². The summed E-state index contributed by atoms with van der Waals surface area (Å²) in [7, 11) is -0.890. The van der Waals surface area contributed by atoms with Crippen LogP contribution in [0.4, 0.5) is 0 Å². The molecule has 1 amide bonds. The summed E-state index contributed by atoms with van der Waals surface area (Å²) in [4.78, 5) is 11.5. The number of hydrogen-bond donors (Lipinski definition) is 1. The summed E-state index contributed by atoms with van der Waals surface area (Å²) in [5.41, 5.74) is 0.806. The Bertz CT molecular complexity index is 584. The predicted octanol–water partition coefficient (Wildman–Crippen LogP) is 0.760. The summed E-state index contributed by atoms with van der Waals surface area (Å²) in [5, 5.41) is 2.42. The van der Waals surface area contributed by atoms with Crippen molar-refractivity contribution in [2.45, 2.75) is 18.7 Å². The average molecular weight is 300 g/mol. The Kier molecular flexibility index (Phi) is 5.52. The largest absolute Gasteiger partial charge is 0.495 e. The molecule has 0 atom stereocenters. The number of carbonyl (C=O) groups is 1. The van der Waals surface area contributed by atoms with E-state index in [0.717, 1.165) is 9.87 Å². The SMILES string of the molecule is CCN(CC(=O)NC)S(=O)(=O)c1cc(C)ccc1OC. The first kappa shape index (κ1) is 16.5. The number of hydrogen-bond acceptors (Lipinski definition) is 4. The van der Waals surface area contributed by atoms with Crippen molar-refractivity contribution in [2.24, 2.45) is 0 Å². The number of likely N-dealkylation sites (N-methyl/N-ethyl adjacent to an activating group) is 2. The van der Waals surface area contributed by atoms with Gasteiger partial charge in [0.25, 0.3) is 0 Å². The van der Waals surface area contributed by atoms with Crippen molar-refractivity contribution in [1.29, 1.82) is 0 Å². The molecule has 6 nitrogen and oxygen atoms in total. The lowest BCUT2D eigenvalue weighted by molar-refractivity contribution is -0.120. The van der Waals surface area contributed by atoms with E-state index in [1.165, 1.54) is 14.2 Å². The van der Waals surface area contributed by atoms with Crippen molar-refractivity contribution >= 4 is 15.9 Å².